The number of rotatable bonds is 8. The van der Waals surface area contributed by atoms with Crippen LogP contribution in [0.5, 0.6) is 0 Å². The average Bonchev–Trinajstić information content (AvgIpc) is 2.39. The van der Waals surface area contributed by atoms with Crippen molar-refractivity contribution in [3.63, 3.8) is 0 Å². The zero-order valence-electron chi connectivity index (χ0n) is 13.1. The summed E-state index contributed by atoms with van der Waals surface area (Å²) in [5.74, 6) is 0. The molecule has 2 nitrogen and oxygen atoms in total. The van der Waals surface area contributed by atoms with Crippen molar-refractivity contribution in [3.05, 3.63) is 35.4 Å². The van der Waals surface area contributed by atoms with Crippen molar-refractivity contribution in [2.24, 2.45) is 0 Å². The van der Waals surface area contributed by atoms with Gasteiger partial charge in [0, 0.05) is 6.61 Å². The second kappa shape index (κ2) is 7.66. The first kappa shape index (κ1) is 16.2. The topological polar surface area (TPSA) is 21.3 Å². The molecule has 1 unspecified atom stereocenters. The lowest BCUT2D eigenvalue weighted by molar-refractivity contribution is -0.0391. The van der Waals surface area contributed by atoms with Crippen LogP contribution in [-0.4, -0.2) is 18.8 Å². The first-order valence-electron chi connectivity index (χ1n) is 7.51. The molecular weight excluding hydrogens is 234 g/mol. The van der Waals surface area contributed by atoms with Gasteiger partial charge in [-0.15, -0.1) is 0 Å². The smallest absolute Gasteiger partial charge is 0.0820 e. The van der Waals surface area contributed by atoms with Gasteiger partial charge in [0.2, 0.25) is 0 Å². The van der Waals surface area contributed by atoms with E-state index in [0.29, 0.717) is 0 Å². The molecule has 1 aromatic rings. The minimum absolute atomic E-state index is 0.197. The Labute approximate surface area is 118 Å². The summed E-state index contributed by atoms with van der Waals surface area (Å²) in [6.07, 6.45) is 2.22. The van der Waals surface area contributed by atoms with E-state index in [2.05, 4.69) is 64.2 Å². The van der Waals surface area contributed by atoms with E-state index in [0.717, 1.165) is 26.0 Å². The largest absolute Gasteiger partial charge is 0.374 e. The van der Waals surface area contributed by atoms with Gasteiger partial charge >= 0.3 is 0 Å². The second-order valence-electron chi connectivity index (χ2n) is 5.52. The summed E-state index contributed by atoms with van der Waals surface area (Å²) in [4.78, 5) is 0. The lowest BCUT2D eigenvalue weighted by Gasteiger charge is -2.35. The van der Waals surface area contributed by atoms with E-state index in [-0.39, 0.29) is 11.6 Å². The zero-order valence-corrected chi connectivity index (χ0v) is 13.1. The van der Waals surface area contributed by atoms with Crippen LogP contribution >= 0.6 is 0 Å². The second-order valence-corrected chi connectivity index (χ2v) is 5.52. The van der Waals surface area contributed by atoms with Crippen LogP contribution in [0.4, 0.5) is 0 Å². The first-order valence-corrected chi connectivity index (χ1v) is 7.51. The molecule has 0 saturated heterocycles. The maximum absolute atomic E-state index is 5.94. The van der Waals surface area contributed by atoms with E-state index in [1.807, 2.05) is 0 Å². The highest BCUT2D eigenvalue weighted by atomic mass is 16.5. The van der Waals surface area contributed by atoms with E-state index in [1.54, 1.807) is 0 Å². The molecular formula is C17H29NO. The third-order valence-corrected chi connectivity index (χ3v) is 3.53. The Bertz CT molecular complexity index is 356. The molecule has 1 aromatic carbocycles. The third-order valence-electron chi connectivity index (χ3n) is 3.53. The molecule has 0 aliphatic carbocycles. The van der Waals surface area contributed by atoms with Gasteiger partial charge in [-0.3, -0.25) is 0 Å². The lowest BCUT2D eigenvalue weighted by Crippen LogP contribution is -2.42. The Morgan fingerprint density at radius 1 is 1.11 bits per heavy atom. The van der Waals surface area contributed by atoms with Crippen LogP contribution in [-0.2, 0) is 11.2 Å². The van der Waals surface area contributed by atoms with Crippen molar-refractivity contribution < 1.29 is 4.74 Å². The van der Waals surface area contributed by atoms with Gasteiger partial charge in [0.05, 0.1) is 11.6 Å². The van der Waals surface area contributed by atoms with Crippen molar-refractivity contribution >= 4 is 0 Å². The van der Waals surface area contributed by atoms with Crippen LogP contribution in [0.15, 0.2) is 24.3 Å². The first-order chi connectivity index (χ1) is 9.05. The van der Waals surface area contributed by atoms with Gasteiger partial charge < -0.3 is 10.1 Å². The normalized spacial score (nSPS) is 13.5. The van der Waals surface area contributed by atoms with Crippen molar-refractivity contribution in [1.82, 2.24) is 5.32 Å². The van der Waals surface area contributed by atoms with Crippen LogP contribution in [0.3, 0.4) is 0 Å². The molecule has 1 atom stereocenters. The van der Waals surface area contributed by atoms with Gasteiger partial charge in [-0.1, -0.05) is 38.1 Å². The summed E-state index contributed by atoms with van der Waals surface area (Å²) in [5, 5.41) is 3.62. The van der Waals surface area contributed by atoms with Gasteiger partial charge in [-0.05, 0) is 51.3 Å². The predicted octanol–water partition coefficient (Wildman–Crippen LogP) is 4.10. The molecule has 0 amide bonds. The number of aryl methyl sites for hydroxylation is 1. The van der Waals surface area contributed by atoms with E-state index < -0.39 is 0 Å². The number of benzene rings is 1. The number of nitrogens with one attached hydrogen (secondary N) is 1. The Hall–Kier alpha value is -0.860. The molecule has 0 bridgehead atoms. The molecule has 0 saturated carbocycles. The SMILES string of the molecule is CCCNC(c1ccc(CC)cc1)C(C)(C)OCC. The highest BCUT2D eigenvalue weighted by molar-refractivity contribution is 5.27. The van der Waals surface area contributed by atoms with Crippen molar-refractivity contribution in [1.29, 1.82) is 0 Å². The monoisotopic (exact) mass is 263 g/mol. The van der Waals surface area contributed by atoms with Crippen molar-refractivity contribution in [2.45, 2.75) is 59.1 Å². The molecule has 0 spiro atoms. The summed E-state index contributed by atoms with van der Waals surface area (Å²) in [6, 6.07) is 9.13. The quantitative estimate of drug-likeness (QED) is 0.762. The Balaban J connectivity index is 2.94. The van der Waals surface area contributed by atoms with Crippen LogP contribution in [0.2, 0.25) is 0 Å². The molecule has 0 fully saturated rings. The van der Waals surface area contributed by atoms with E-state index in [1.165, 1.54) is 11.1 Å². The summed E-state index contributed by atoms with van der Waals surface area (Å²) < 4.78 is 5.94. The average molecular weight is 263 g/mol. The molecule has 0 aromatic heterocycles. The molecule has 108 valence electrons. The molecule has 19 heavy (non-hydrogen) atoms. The van der Waals surface area contributed by atoms with Gasteiger partial charge in [0.15, 0.2) is 0 Å². The van der Waals surface area contributed by atoms with Gasteiger partial charge in [-0.2, -0.15) is 0 Å². The summed E-state index contributed by atoms with van der Waals surface area (Å²) in [5.41, 5.74) is 2.49. The van der Waals surface area contributed by atoms with Crippen LogP contribution < -0.4 is 5.32 Å². The van der Waals surface area contributed by atoms with Gasteiger partial charge in [0.25, 0.3) is 0 Å². The number of hydrogen-bond acceptors (Lipinski definition) is 2. The highest BCUT2D eigenvalue weighted by Crippen LogP contribution is 2.29. The van der Waals surface area contributed by atoms with E-state index in [9.17, 15) is 0 Å². The molecule has 0 aliphatic heterocycles. The number of ether oxygens (including phenoxy) is 1. The lowest BCUT2D eigenvalue weighted by atomic mass is 9.90. The predicted molar refractivity (Wildman–Crippen MR) is 82.6 cm³/mol. The summed E-state index contributed by atoms with van der Waals surface area (Å²) in [7, 11) is 0. The van der Waals surface area contributed by atoms with Crippen molar-refractivity contribution in [3.8, 4) is 0 Å². The Morgan fingerprint density at radius 3 is 2.21 bits per heavy atom. The minimum Gasteiger partial charge on any atom is -0.374 e. The van der Waals surface area contributed by atoms with E-state index in [4.69, 9.17) is 4.74 Å². The van der Waals surface area contributed by atoms with Gasteiger partial charge in [-0.25, -0.2) is 0 Å². The molecule has 1 N–H and O–H groups in total. The summed E-state index contributed by atoms with van der Waals surface area (Å²) >= 11 is 0. The van der Waals surface area contributed by atoms with Crippen LogP contribution in [0.25, 0.3) is 0 Å². The maximum Gasteiger partial charge on any atom is 0.0820 e. The molecule has 2 heteroatoms. The standard InChI is InChI=1S/C17H29NO/c1-6-13-18-16(17(4,5)19-8-3)15-11-9-14(7-2)10-12-15/h9-12,16,18H,6-8,13H2,1-5H3. The van der Waals surface area contributed by atoms with Crippen molar-refractivity contribution in [2.75, 3.05) is 13.2 Å². The Kier molecular flexibility index (Phi) is 6.53. The zero-order chi connectivity index (χ0) is 14.3. The highest BCUT2D eigenvalue weighted by Gasteiger charge is 2.30. The van der Waals surface area contributed by atoms with Crippen LogP contribution in [0, 0.1) is 0 Å². The molecule has 1 rings (SSSR count). The minimum atomic E-state index is -0.197. The Morgan fingerprint density at radius 2 is 1.74 bits per heavy atom. The summed E-state index contributed by atoms with van der Waals surface area (Å²) in [6.45, 7) is 12.5. The van der Waals surface area contributed by atoms with Gasteiger partial charge in [0.1, 0.15) is 0 Å². The van der Waals surface area contributed by atoms with E-state index >= 15 is 0 Å². The molecule has 0 radical (unpaired) electrons. The third kappa shape index (κ3) is 4.63. The molecule has 0 aliphatic rings. The fourth-order valence-electron chi connectivity index (χ4n) is 2.45. The van der Waals surface area contributed by atoms with Crippen LogP contribution in [0.1, 0.15) is 58.2 Å². The fraction of sp³-hybridized carbons (Fsp3) is 0.647. The maximum atomic E-state index is 5.94. The number of hydrogen-bond donors (Lipinski definition) is 1. The fourth-order valence-corrected chi connectivity index (χ4v) is 2.45. The molecule has 0 heterocycles.